The molecule has 4 nitrogen and oxygen atoms in total. The average Bonchev–Trinajstić information content (AvgIpc) is 3.23. The molecule has 0 bridgehead atoms. The number of aryl methyl sites for hydroxylation is 2. The van der Waals surface area contributed by atoms with Crippen LogP contribution in [0.4, 0.5) is 5.69 Å². The van der Waals surface area contributed by atoms with Crippen LogP contribution in [0.2, 0.25) is 0 Å². The van der Waals surface area contributed by atoms with E-state index < -0.39 is 6.04 Å². The summed E-state index contributed by atoms with van der Waals surface area (Å²) in [4.78, 5) is 26.9. The Morgan fingerprint density at radius 2 is 1.76 bits per heavy atom. The molecule has 0 radical (unpaired) electrons. The number of rotatable bonds is 3. The number of carbonyl (C=O) groups is 2. The number of anilines is 1. The van der Waals surface area contributed by atoms with Crippen LogP contribution in [0.5, 0.6) is 0 Å². The maximum absolute atomic E-state index is 12.9. The molecule has 2 unspecified atom stereocenters. The summed E-state index contributed by atoms with van der Waals surface area (Å²) >= 11 is 0. The van der Waals surface area contributed by atoms with Gasteiger partial charge in [0.2, 0.25) is 5.91 Å². The third-order valence-electron chi connectivity index (χ3n) is 4.38. The standard InChI is InChI=1S/C17H22N2O2/c1-4-14-16(20)18-15(12-5-6-12)17(21)19(14)13-8-10(2)7-11(3)9-13/h7-9,12,14-15H,4-6H2,1-3H3,(H,18,20). The maximum atomic E-state index is 12.9. The van der Waals surface area contributed by atoms with Gasteiger partial charge in [0, 0.05) is 5.69 Å². The lowest BCUT2D eigenvalue weighted by Gasteiger charge is -2.39. The second-order valence-corrected chi connectivity index (χ2v) is 6.30. The summed E-state index contributed by atoms with van der Waals surface area (Å²) in [5.74, 6) is 0.356. The number of nitrogens with zero attached hydrogens (tertiary/aromatic N) is 1. The van der Waals surface area contributed by atoms with Crippen molar-refractivity contribution in [3.63, 3.8) is 0 Å². The van der Waals surface area contributed by atoms with Gasteiger partial charge in [-0.05, 0) is 62.3 Å². The van der Waals surface area contributed by atoms with E-state index in [4.69, 9.17) is 0 Å². The van der Waals surface area contributed by atoms with Crippen molar-refractivity contribution in [1.29, 1.82) is 0 Å². The summed E-state index contributed by atoms with van der Waals surface area (Å²) in [6, 6.07) is 5.35. The third-order valence-corrected chi connectivity index (χ3v) is 4.38. The fourth-order valence-electron chi connectivity index (χ4n) is 3.25. The normalized spacial score (nSPS) is 26.0. The molecule has 1 aromatic rings. The molecule has 2 aliphatic rings. The van der Waals surface area contributed by atoms with Crippen molar-refractivity contribution in [2.24, 2.45) is 5.92 Å². The molecule has 2 fully saturated rings. The summed E-state index contributed by atoms with van der Waals surface area (Å²) < 4.78 is 0. The Labute approximate surface area is 125 Å². The van der Waals surface area contributed by atoms with E-state index in [2.05, 4.69) is 11.4 Å². The molecule has 4 heteroatoms. The summed E-state index contributed by atoms with van der Waals surface area (Å²) in [7, 11) is 0. The van der Waals surface area contributed by atoms with Crippen LogP contribution in [0.3, 0.4) is 0 Å². The monoisotopic (exact) mass is 286 g/mol. The van der Waals surface area contributed by atoms with Crippen molar-refractivity contribution >= 4 is 17.5 Å². The van der Waals surface area contributed by atoms with Crippen molar-refractivity contribution in [1.82, 2.24) is 5.32 Å². The van der Waals surface area contributed by atoms with Gasteiger partial charge in [-0.15, -0.1) is 0 Å². The maximum Gasteiger partial charge on any atom is 0.250 e. The van der Waals surface area contributed by atoms with E-state index in [-0.39, 0.29) is 17.9 Å². The van der Waals surface area contributed by atoms with Gasteiger partial charge in [0.05, 0.1) is 0 Å². The number of benzene rings is 1. The van der Waals surface area contributed by atoms with Gasteiger partial charge in [0.25, 0.3) is 5.91 Å². The average molecular weight is 286 g/mol. The molecule has 0 spiro atoms. The fourth-order valence-corrected chi connectivity index (χ4v) is 3.25. The largest absolute Gasteiger partial charge is 0.342 e. The number of nitrogens with one attached hydrogen (secondary N) is 1. The van der Waals surface area contributed by atoms with Crippen LogP contribution in [-0.4, -0.2) is 23.9 Å². The predicted octanol–water partition coefficient (Wildman–Crippen LogP) is 2.32. The van der Waals surface area contributed by atoms with Crippen LogP contribution in [0.25, 0.3) is 0 Å². The van der Waals surface area contributed by atoms with Crippen LogP contribution < -0.4 is 10.2 Å². The minimum atomic E-state index is -0.395. The summed E-state index contributed by atoms with van der Waals surface area (Å²) in [6.45, 7) is 5.99. The molecule has 1 saturated heterocycles. The minimum absolute atomic E-state index is 0.0202. The third kappa shape index (κ3) is 2.55. The topological polar surface area (TPSA) is 49.4 Å². The quantitative estimate of drug-likeness (QED) is 0.927. The molecule has 112 valence electrons. The molecule has 2 amide bonds. The molecule has 21 heavy (non-hydrogen) atoms. The van der Waals surface area contributed by atoms with E-state index in [1.165, 1.54) is 0 Å². The van der Waals surface area contributed by atoms with Crippen LogP contribution in [0.1, 0.15) is 37.3 Å². The highest BCUT2D eigenvalue weighted by atomic mass is 16.2. The minimum Gasteiger partial charge on any atom is -0.342 e. The second-order valence-electron chi connectivity index (χ2n) is 6.30. The lowest BCUT2D eigenvalue weighted by atomic mass is 10.00. The lowest BCUT2D eigenvalue weighted by molar-refractivity contribution is -0.134. The van der Waals surface area contributed by atoms with E-state index in [1.54, 1.807) is 4.90 Å². The van der Waals surface area contributed by atoms with E-state index in [0.29, 0.717) is 12.3 Å². The van der Waals surface area contributed by atoms with Crippen LogP contribution in [-0.2, 0) is 9.59 Å². The highest BCUT2D eigenvalue weighted by Crippen LogP contribution is 2.36. The number of piperazine rings is 1. The first kappa shape index (κ1) is 14.1. The van der Waals surface area contributed by atoms with Crippen molar-refractivity contribution in [3.8, 4) is 0 Å². The zero-order valence-corrected chi connectivity index (χ0v) is 12.8. The van der Waals surface area contributed by atoms with E-state index in [0.717, 1.165) is 29.7 Å². The molecule has 1 aliphatic carbocycles. The van der Waals surface area contributed by atoms with Gasteiger partial charge in [-0.25, -0.2) is 0 Å². The molecule has 2 atom stereocenters. The predicted molar refractivity (Wildman–Crippen MR) is 82.1 cm³/mol. The van der Waals surface area contributed by atoms with E-state index in [9.17, 15) is 9.59 Å². The Kier molecular flexibility index (Phi) is 3.47. The van der Waals surface area contributed by atoms with Crippen molar-refractivity contribution in [3.05, 3.63) is 29.3 Å². The Morgan fingerprint density at radius 3 is 2.29 bits per heavy atom. The lowest BCUT2D eigenvalue weighted by Crippen LogP contribution is -2.64. The number of carbonyl (C=O) groups excluding carboxylic acids is 2. The van der Waals surface area contributed by atoms with Gasteiger partial charge in [0.15, 0.2) is 0 Å². The highest BCUT2D eigenvalue weighted by Gasteiger charge is 2.46. The van der Waals surface area contributed by atoms with Crippen molar-refractivity contribution in [2.75, 3.05) is 4.90 Å². The van der Waals surface area contributed by atoms with Crippen LogP contribution in [0.15, 0.2) is 18.2 Å². The number of hydrogen-bond acceptors (Lipinski definition) is 2. The number of amides is 2. The first-order valence-corrected chi connectivity index (χ1v) is 7.73. The molecule has 1 saturated carbocycles. The zero-order valence-electron chi connectivity index (χ0n) is 12.8. The molecular formula is C17H22N2O2. The Balaban J connectivity index is 2.01. The molecule has 0 aromatic heterocycles. The van der Waals surface area contributed by atoms with Crippen molar-refractivity contribution < 1.29 is 9.59 Å². The SMILES string of the molecule is CCC1C(=O)NC(C2CC2)C(=O)N1c1cc(C)cc(C)c1. The molecule has 1 heterocycles. The van der Waals surface area contributed by atoms with Crippen LogP contribution >= 0.6 is 0 Å². The van der Waals surface area contributed by atoms with Gasteiger partial charge >= 0.3 is 0 Å². The van der Waals surface area contributed by atoms with Gasteiger partial charge in [-0.2, -0.15) is 0 Å². The Bertz CT molecular complexity index is 572. The zero-order chi connectivity index (χ0) is 15.1. The summed E-state index contributed by atoms with van der Waals surface area (Å²) in [5, 5.41) is 2.93. The summed E-state index contributed by atoms with van der Waals surface area (Å²) in [6.07, 6.45) is 2.70. The molecule has 1 aliphatic heterocycles. The van der Waals surface area contributed by atoms with E-state index >= 15 is 0 Å². The second kappa shape index (κ2) is 5.17. The molecule has 1 N–H and O–H groups in total. The molecular weight excluding hydrogens is 264 g/mol. The van der Waals surface area contributed by atoms with Crippen LogP contribution in [0, 0.1) is 19.8 Å². The fraction of sp³-hybridized carbons (Fsp3) is 0.529. The van der Waals surface area contributed by atoms with Gasteiger partial charge in [0.1, 0.15) is 12.1 Å². The first-order valence-electron chi connectivity index (χ1n) is 7.73. The van der Waals surface area contributed by atoms with E-state index in [1.807, 2.05) is 32.9 Å². The molecule has 3 rings (SSSR count). The number of hydrogen-bond donors (Lipinski definition) is 1. The smallest absolute Gasteiger partial charge is 0.250 e. The Hall–Kier alpha value is -1.84. The van der Waals surface area contributed by atoms with Crippen molar-refractivity contribution in [2.45, 2.75) is 52.1 Å². The molecule has 1 aromatic carbocycles. The van der Waals surface area contributed by atoms with Gasteiger partial charge < -0.3 is 5.32 Å². The Morgan fingerprint density at radius 1 is 1.14 bits per heavy atom. The summed E-state index contributed by atoms with van der Waals surface area (Å²) in [5.41, 5.74) is 3.08. The van der Waals surface area contributed by atoms with Gasteiger partial charge in [-0.3, -0.25) is 14.5 Å². The first-order chi connectivity index (χ1) is 10.0. The van der Waals surface area contributed by atoms with Gasteiger partial charge in [-0.1, -0.05) is 13.0 Å². The highest BCUT2D eigenvalue weighted by molar-refractivity contribution is 6.08.